The van der Waals surface area contributed by atoms with E-state index in [9.17, 15) is 30.8 Å². The molecule has 0 aliphatic carbocycles. The number of para-hydroxylation sites is 2. The molecule has 0 bridgehead atoms. The highest BCUT2D eigenvalue weighted by molar-refractivity contribution is 7.93. The molecule has 0 fully saturated rings. The Morgan fingerprint density at radius 3 is 1.62 bits per heavy atom. The number of ether oxygens (including phenoxy) is 1. The lowest BCUT2D eigenvalue weighted by Crippen LogP contribution is -2.16. The first kappa shape index (κ1) is 45.6. The highest BCUT2D eigenvalue weighted by atomic mass is 32.2. The molecule has 0 saturated heterocycles. The number of nitrogens with one attached hydrogen (secondary N) is 2. The smallest absolute Gasteiger partial charge is 0.335 e. The molecule has 0 spiro atoms. The van der Waals surface area contributed by atoms with Gasteiger partial charge in [-0.15, -0.1) is 0 Å². The van der Waals surface area contributed by atoms with Crippen molar-refractivity contribution in [1.82, 2.24) is 0 Å². The van der Waals surface area contributed by atoms with Crippen molar-refractivity contribution in [3.63, 3.8) is 0 Å². The van der Waals surface area contributed by atoms with Gasteiger partial charge in [-0.2, -0.15) is 0 Å². The van der Waals surface area contributed by atoms with Crippen molar-refractivity contribution >= 4 is 43.4 Å². The van der Waals surface area contributed by atoms with E-state index in [4.69, 9.17) is 14.9 Å². The quantitative estimate of drug-likeness (QED) is 0.0613. The lowest BCUT2D eigenvalue weighted by Gasteiger charge is -2.14. The Kier molecular flexibility index (Phi) is 15.8. The maximum Gasteiger partial charge on any atom is 0.335 e. The Balaban J connectivity index is 0.000000232. The number of aromatic carboxylic acids is 2. The maximum absolute atomic E-state index is 13.6. The normalized spacial score (nSPS) is 11.2. The van der Waals surface area contributed by atoms with E-state index in [-0.39, 0.29) is 20.9 Å². The number of anilines is 2. The van der Waals surface area contributed by atoms with Crippen LogP contribution in [0.25, 0.3) is 0 Å². The number of aryl methyl sites for hydroxylation is 5. The third-order valence-electron chi connectivity index (χ3n) is 9.58. The van der Waals surface area contributed by atoms with Crippen molar-refractivity contribution in [2.24, 2.45) is 0 Å². The molecule has 0 heterocycles. The Hall–Kier alpha value is -6.51. The molecule has 0 radical (unpaired) electrons. The molecule has 4 N–H and O–H groups in total. The molecule has 11 nitrogen and oxygen atoms in total. The van der Waals surface area contributed by atoms with E-state index < -0.39 is 37.8 Å². The molecule has 14 heteroatoms. The largest absolute Gasteiger partial charge is 0.494 e. The number of unbranched alkanes of at least 4 members (excludes halogenated alkanes) is 1. The van der Waals surface area contributed by atoms with Gasteiger partial charge in [0.1, 0.15) is 11.6 Å². The van der Waals surface area contributed by atoms with E-state index in [1.165, 1.54) is 30.3 Å². The van der Waals surface area contributed by atoms with Gasteiger partial charge in [0.05, 0.1) is 38.9 Å². The van der Waals surface area contributed by atoms with Gasteiger partial charge in [0.2, 0.25) is 0 Å². The molecule has 0 atom stereocenters. The van der Waals surface area contributed by atoms with Gasteiger partial charge >= 0.3 is 11.9 Å². The number of carboxylic acids is 2. The van der Waals surface area contributed by atoms with Crippen LogP contribution in [0.1, 0.15) is 68.3 Å². The summed E-state index contributed by atoms with van der Waals surface area (Å²) in [4.78, 5) is 22.3. The molecule has 0 aliphatic heterocycles. The number of sulfonamides is 2. The Morgan fingerprint density at radius 2 is 1.11 bits per heavy atom. The van der Waals surface area contributed by atoms with Crippen LogP contribution < -0.4 is 14.2 Å². The van der Waals surface area contributed by atoms with Gasteiger partial charge in [-0.1, -0.05) is 80.1 Å². The van der Waals surface area contributed by atoms with Crippen molar-refractivity contribution in [2.75, 3.05) is 16.1 Å². The van der Waals surface area contributed by atoms with Crippen LogP contribution in [0, 0.1) is 12.7 Å². The SMILES string of the molecule is CCCCOc1ccc(S(=O)(=O)Nc2ccccc2CCc2cccc(C(=O)O)c2)cc1.Cc1ccc(F)cc1S(=O)(=O)Nc1ccccc1CCc1cccc(C(=O)O)c1. The van der Waals surface area contributed by atoms with E-state index >= 15 is 0 Å². The van der Waals surface area contributed by atoms with Gasteiger partial charge in [0.15, 0.2) is 0 Å². The van der Waals surface area contributed by atoms with Crippen LogP contribution in [0.15, 0.2) is 149 Å². The maximum atomic E-state index is 13.6. The van der Waals surface area contributed by atoms with Crippen LogP contribution in [0.5, 0.6) is 5.75 Å². The van der Waals surface area contributed by atoms with Crippen LogP contribution in [-0.2, 0) is 45.7 Å². The van der Waals surface area contributed by atoms with Crippen molar-refractivity contribution in [3.8, 4) is 5.75 Å². The monoisotopic (exact) mass is 866 g/mol. The average molecular weight is 867 g/mol. The molecule has 6 rings (SSSR count). The number of carbonyl (C=O) groups is 2. The summed E-state index contributed by atoms with van der Waals surface area (Å²) >= 11 is 0. The number of hydrogen-bond donors (Lipinski definition) is 4. The molecule has 6 aromatic carbocycles. The number of halogens is 1. The van der Waals surface area contributed by atoms with Crippen molar-refractivity contribution in [1.29, 1.82) is 0 Å². The highest BCUT2D eigenvalue weighted by Gasteiger charge is 2.20. The van der Waals surface area contributed by atoms with E-state index in [0.717, 1.165) is 41.2 Å². The number of hydrogen-bond acceptors (Lipinski definition) is 7. The van der Waals surface area contributed by atoms with Crippen molar-refractivity contribution < 1.29 is 45.8 Å². The number of carboxylic acid groups (broad SMARTS) is 2. The van der Waals surface area contributed by atoms with Crippen molar-refractivity contribution in [3.05, 3.63) is 184 Å². The first-order valence-electron chi connectivity index (χ1n) is 19.5. The Labute approximate surface area is 356 Å². The van der Waals surface area contributed by atoms with Crippen LogP contribution in [-0.4, -0.2) is 45.6 Å². The Morgan fingerprint density at radius 1 is 0.607 bits per heavy atom. The van der Waals surface area contributed by atoms with E-state index in [1.807, 2.05) is 24.3 Å². The first-order chi connectivity index (χ1) is 29.1. The zero-order valence-electron chi connectivity index (χ0n) is 33.7. The molecule has 6 aromatic rings. The fourth-order valence-corrected chi connectivity index (χ4v) is 8.73. The number of benzene rings is 6. The lowest BCUT2D eigenvalue weighted by atomic mass is 10.0. The minimum Gasteiger partial charge on any atom is -0.494 e. The van der Waals surface area contributed by atoms with E-state index in [2.05, 4.69) is 16.4 Å². The zero-order valence-corrected chi connectivity index (χ0v) is 35.3. The second-order valence-corrected chi connectivity index (χ2v) is 17.5. The molecule has 0 saturated carbocycles. The standard InChI is InChI=1S/C25H27NO5S.C22H20FNO4S/c1-2-3-17-31-22-13-15-23(16-14-22)32(29,30)26-24-10-5-4-8-20(24)12-11-19-7-6-9-21(18-19)25(27)28;1-15-9-12-19(23)14-21(15)29(27,28)24-20-8-3-2-6-17(20)11-10-16-5-4-7-18(13-16)22(25)26/h4-10,13-16,18,26H,2-3,11-12,17H2,1H3,(H,27,28);2-9,12-14,24H,10-11H2,1H3,(H,25,26). The van der Waals surface area contributed by atoms with E-state index in [0.29, 0.717) is 55.0 Å². The summed E-state index contributed by atoms with van der Waals surface area (Å²) in [5, 5.41) is 18.3. The lowest BCUT2D eigenvalue weighted by molar-refractivity contribution is 0.0686. The summed E-state index contributed by atoms with van der Waals surface area (Å²) in [6.45, 7) is 4.29. The predicted octanol–water partition coefficient (Wildman–Crippen LogP) is 9.57. The molecule has 61 heavy (non-hydrogen) atoms. The topological polar surface area (TPSA) is 176 Å². The predicted molar refractivity (Wildman–Crippen MR) is 234 cm³/mol. The van der Waals surface area contributed by atoms with Crippen LogP contribution in [0.4, 0.5) is 15.8 Å². The second kappa shape index (κ2) is 21.1. The first-order valence-corrected chi connectivity index (χ1v) is 22.5. The fourth-order valence-electron chi connectivity index (χ4n) is 6.27. The van der Waals surface area contributed by atoms with Gasteiger partial charge in [-0.3, -0.25) is 9.44 Å². The van der Waals surface area contributed by atoms with Crippen LogP contribution in [0.2, 0.25) is 0 Å². The highest BCUT2D eigenvalue weighted by Crippen LogP contribution is 2.26. The molecule has 0 aromatic heterocycles. The van der Waals surface area contributed by atoms with Crippen LogP contribution in [0.3, 0.4) is 0 Å². The summed E-state index contributed by atoms with van der Waals surface area (Å²) < 4.78 is 75.7. The fraction of sp³-hybridized carbons (Fsp3) is 0.191. The summed E-state index contributed by atoms with van der Waals surface area (Å²) in [6, 6.07) is 37.6. The van der Waals surface area contributed by atoms with Gasteiger partial charge in [-0.05, 0) is 140 Å². The van der Waals surface area contributed by atoms with Gasteiger partial charge in [-0.25, -0.2) is 30.8 Å². The third kappa shape index (κ3) is 13.2. The molecule has 0 aliphatic rings. The minimum absolute atomic E-state index is 0.110. The van der Waals surface area contributed by atoms with Crippen molar-refractivity contribution in [2.45, 2.75) is 62.2 Å². The molecule has 0 unspecified atom stereocenters. The Bertz CT molecular complexity index is 2690. The molecular weight excluding hydrogens is 820 g/mol. The van der Waals surface area contributed by atoms with Gasteiger partial charge < -0.3 is 14.9 Å². The number of rotatable bonds is 18. The summed E-state index contributed by atoms with van der Waals surface area (Å²) in [6.07, 6.45) is 4.16. The summed E-state index contributed by atoms with van der Waals surface area (Å²) in [5.74, 6) is -1.95. The van der Waals surface area contributed by atoms with Gasteiger partial charge in [0.25, 0.3) is 20.0 Å². The molecule has 0 amide bonds. The second-order valence-electron chi connectivity index (χ2n) is 14.1. The van der Waals surface area contributed by atoms with Crippen LogP contribution >= 0.6 is 0 Å². The minimum atomic E-state index is -3.96. The summed E-state index contributed by atoms with van der Waals surface area (Å²) in [5.41, 5.74) is 5.10. The summed E-state index contributed by atoms with van der Waals surface area (Å²) in [7, 11) is -7.72. The average Bonchev–Trinajstić information content (AvgIpc) is 3.24. The third-order valence-corrected chi connectivity index (χ3v) is 12.5. The molecular formula is C47H47FN2O9S2. The molecule has 318 valence electrons. The van der Waals surface area contributed by atoms with Gasteiger partial charge in [0, 0.05) is 0 Å². The van der Waals surface area contributed by atoms with E-state index in [1.54, 1.807) is 85.8 Å². The zero-order chi connectivity index (χ0) is 44.0.